The van der Waals surface area contributed by atoms with Gasteiger partial charge in [0.05, 0.1) is 10.7 Å². The van der Waals surface area contributed by atoms with Crippen molar-refractivity contribution in [3.8, 4) is 0 Å². The third-order valence-electron chi connectivity index (χ3n) is 3.13. The lowest BCUT2D eigenvalue weighted by Crippen LogP contribution is -2.35. The summed E-state index contributed by atoms with van der Waals surface area (Å²) in [5.74, 6) is -0.137. The lowest BCUT2D eigenvalue weighted by molar-refractivity contribution is 0.0955. The molecule has 2 aromatic rings. The van der Waals surface area contributed by atoms with Crippen LogP contribution in [0.5, 0.6) is 0 Å². The van der Waals surface area contributed by atoms with E-state index in [0.717, 1.165) is 10.1 Å². The van der Waals surface area contributed by atoms with Crippen LogP contribution in [0.25, 0.3) is 10.1 Å². The molecule has 2 rings (SSSR count). The number of nitrogen functional groups attached to an aromatic ring is 1. The van der Waals surface area contributed by atoms with Crippen LogP contribution in [0, 0.1) is 0 Å². The van der Waals surface area contributed by atoms with E-state index in [1.165, 1.54) is 11.3 Å². The molecule has 1 aromatic heterocycles. The second-order valence-electron chi connectivity index (χ2n) is 5.10. The van der Waals surface area contributed by atoms with Crippen molar-refractivity contribution in [2.45, 2.75) is 18.6 Å². The molecule has 0 bridgehead atoms. The molecule has 0 fully saturated rings. The zero-order valence-corrected chi connectivity index (χ0v) is 14.0. The number of thiophene rings is 1. The summed E-state index contributed by atoms with van der Waals surface area (Å²) in [4.78, 5) is 12.8. The molecule has 1 amide bonds. The predicted molar refractivity (Wildman–Crippen MR) is 91.2 cm³/mol. The molecular weight excluding hydrogens is 312 g/mol. The molecule has 20 heavy (non-hydrogen) atoms. The molecule has 1 aromatic carbocycles. The van der Waals surface area contributed by atoms with Crippen molar-refractivity contribution in [2.75, 3.05) is 18.5 Å². The SMILES string of the molecule is CSC(C)(C)CNC(=O)c1sc2cccc(Cl)c2c1N. The van der Waals surface area contributed by atoms with E-state index in [0.29, 0.717) is 22.1 Å². The van der Waals surface area contributed by atoms with Gasteiger partial charge in [-0.1, -0.05) is 17.7 Å². The van der Waals surface area contributed by atoms with Crippen molar-refractivity contribution in [1.82, 2.24) is 5.32 Å². The molecule has 0 aliphatic rings. The topological polar surface area (TPSA) is 55.1 Å². The third kappa shape index (κ3) is 3.05. The minimum atomic E-state index is -0.137. The van der Waals surface area contributed by atoms with Crippen molar-refractivity contribution in [3.05, 3.63) is 28.1 Å². The number of fused-ring (bicyclic) bond motifs is 1. The first-order chi connectivity index (χ1) is 9.35. The molecule has 0 unspecified atom stereocenters. The molecule has 3 N–H and O–H groups in total. The number of benzene rings is 1. The number of nitrogens with one attached hydrogen (secondary N) is 1. The van der Waals surface area contributed by atoms with Gasteiger partial charge in [0.15, 0.2) is 0 Å². The lowest BCUT2D eigenvalue weighted by Gasteiger charge is -2.22. The smallest absolute Gasteiger partial charge is 0.263 e. The van der Waals surface area contributed by atoms with Crippen molar-refractivity contribution in [2.24, 2.45) is 0 Å². The number of rotatable bonds is 4. The predicted octanol–water partition coefficient (Wildman–Crippen LogP) is 4.01. The van der Waals surface area contributed by atoms with E-state index < -0.39 is 0 Å². The Labute approximate surface area is 131 Å². The van der Waals surface area contributed by atoms with Gasteiger partial charge in [-0.05, 0) is 32.2 Å². The zero-order chi connectivity index (χ0) is 14.9. The number of halogens is 1. The van der Waals surface area contributed by atoms with Crippen molar-refractivity contribution < 1.29 is 4.79 Å². The maximum Gasteiger partial charge on any atom is 0.263 e. The maximum atomic E-state index is 12.3. The third-order valence-corrected chi connectivity index (χ3v) is 5.87. The van der Waals surface area contributed by atoms with E-state index >= 15 is 0 Å². The van der Waals surface area contributed by atoms with Gasteiger partial charge in [0.1, 0.15) is 4.88 Å². The Hall–Kier alpha value is -0.910. The number of carbonyl (C=O) groups excluding carboxylic acids is 1. The Bertz CT molecular complexity index is 652. The highest BCUT2D eigenvalue weighted by molar-refractivity contribution is 7.99. The quantitative estimate of drug-likeness (QED) is 0.891. The van der Waals surface area contributed by atoms with Crippen molar-refractivity contribution in [3.63, 3.8) is 0 Å². The molecule has 0 radical (unpaired) electrons. The summed E-state index contributed by atoms with van der Waals surface area (Å²) in [5.41, 5.74) is 6.54. The summed E-state index contributed by atoms with van der Waals surface area (Å²) < 4.78 is 0.933. The molecule has 0 aliphatic heterocycles. The summed E-state index contributed by atoms with van der Waals surface area (Å²) >= 11 is 9.23. The first-order valence-corrected chi connectivity index (χ1v) is 8.57. The van der Waals surface area contributed by atoms with Crippen LogP contribution in [0.1, 0.15) is 23.5 Å². The van der Waals surface area contributed by atoms with Crippen LogP contribution in [0.3, 0.4) is 0 Å². The lowest BCUT2D eigenvalue weighted by atomic mass is 10.2. The average molecular weight is 329 g/mol. The molecule has 0 aliphatic carbocycles. The summed E-state index contributed by atoms with van der Waals surface area (Å²) in [6.45, 7) is 4.76. The fourth-order valence-electron chi connectivity index (χ4n) is 1.74. The highest BCUT2D eigenvalue weighted by Gasteiger charge is 2.21. The van der Waals surface area contributed by atoms with Gasteiger partial charge in [0, 0.05) is 21.4 Å². The summed E-state index contributed by atoms with van der Waals surface area (Å²) in [7, 11) is 0. The van der Waals surface area contributed by atoms with E-state index in [9.17, 15) is 4.79 Å². The standard InChI is InChI=1S/C14H17ClN2OS2/c1-14(2,19-3)7-17-13(18)12-11(16)10-8(15)5-4-6-9(10)20-12/h4-6H,7,16H2,1-3H3,(H,17,18). The Morgan fingerprint density at radius 1 is 1.50 bits per heavy atom. The Balaban J connectivity index is 2.27. The van der Waals surface area contributed by atoms with Crippen molar-refractivity contribution in [1.29, 1.82) is 0 Å². The van der Waals surface area contributed by atoms with E-state index in [-0.39, 0.29) is 10.7 Å². The van der Waals surface area contributed by atoms with Gasteiger partial charge in [-0.2, -0.15) is 11.8 Å². The first-order valence-electron chi connectivity index (χ1n) is 6.15. The molecule has 0 spiro atoms. The number of carbonyl (C=O) groups is 1. The number of thioether (sulfide) groups is 1. The highest BCUT2D eigenvalue weighted by Crippen LogP contribution is 2.37. The maximum absolute atomic E-state index is 12.3. The van der Waals surface area contributed by atoms with Gasteiger partial charge in [0.25, 0.3) is 5.91 Å². The molecule has 1 heterocycles. The Morgan fingerprint density at radius 3 is 2.80 bits per heavy atom. The van der Waals surface area contributed by atoms with E-state index in [2.05, 4.69) is 19.2 Å². The van der Waals surface area contributed by atoms with E-state index in [1.807, 2.05) is 18.4 Å². The normalized spacial score (nSPS) is 11.8. The number of hydrogen-bond donors (Lipinski definition) is 2. The zero-order valence-electron chi connectivity index (χ0n) is 11.6. The van der Waals surface area contributed by atoms with Crippen LogP contribution in [-0.2, 0) is 0 Å². The van der Waals surface area contributed by atoms with Crippen molar-refractivity contribution >= 4 is 56.4 Å². The summed E-state index contributed by atoms with van der Waals surface area (Å²) in [6.07, 6.45) is 2.03. The minimum Gasteiger partial charge on any atom is -0.397 e. The number of amides is 1. The van der Waals surface area contributed by atoms with Gasteiger partial charge in [-0.3, -0.25) is 4.79 Å². The summed E-state index contributed by atoms with van der Waals surface area (Å²) in [5, 5.41) is 4.29. The van der Waals surface area contributed by atoms with Crippen LogP contribution < -0.4 is 11.1 Å². The van der Waals surface area contributed by atoms with Crippen LogP contribution in [0.2, 0.25) is 5.02 Å². The summed E-state index contributed by atoms with van der Waals surface area (Å²) in [6, 6.07) is 5.56. The molecular formula is C14H17ClN2OS2. The number of hydrogen-bond acceptors (Lipinski definition) is 4. The molecule has 0 saturated heterocycles. The number of anilines is 1. The molecule has 0 atom stereocenters. The Morgan fingerprint density at radius 2 is 2.20 bits per heavy atom. The van der Waals surface area contributed by atoms with Crippen LogP contribution in [-0.4, -0.2) is 23.5 Å². The average Bonchev–Trinajstić information content (AvgIpc) is 2.75. The highest BCUT2D eigenvalue weighted by atomic mass is 35.5. The van der Waals surface area contributed by atoms with E-state index in [4.69, 9.17) is 17.3 Å². The molecule has 6 heteroatoms. The van der Waals surface area contributed by atoms with Gasteiger partial charge in [-0.15, -0.1) is 11.3 Å². The second-order valence-corrected chi connectivity index (χ2v) is 8.08. The minimum absolute atomic E-state index is 0.00124. The van der Waals surface area contributed by atoms with E-state index in [1.54, 1.807) is 17.8 Å². The fourth-order valence-corrected chi connectivity index (χ4v) is 3.36. The molecule has 3 nitrogen and oxygen atoms in total. The van der Waals surface area contributed by atoms with Gasteiger partial charge >= 0.3 is 0 Å². The van der Waals surface area contributed by atoms with Gasteiger partial charge in [0.2, 0.25) is 0 Å². The molecule has 108 valence electrons. The first kappa shape index (κ1) is 15.5. The van der Waals surface area contributed by atoms with Gasteiger partial charge < -0.3 is 11.1 Å². The largest absolute Gasteiger partial charge is 0.397 e. The fraction of sp³-hybridized carbons (Fsp3) is 0.357. The second kappa shape index (κ2) is 5.84. The van der Waals surface area contributed by atoms with Crippen LogP contribution >= 0.6 is 34.7 Å². The molecule has 0 saturated carbocycles. The van der Waals surface area contributed by atoms with Crippen LogP contribution in [0.4, 0.5) is 5.69 Å². The van der Waals surface area contributed by atoms with Gasteiger partial charge in [-0.25, -0.2) is 0 Å². The van der Waals surface area contributed by atoms with Crippen LogP contribution in [0.15, 0.2) is 18.2 Å². The number of nitrogens with two attached hydrogens (primary N) is 1. The Kier molecular flexibility index (Phi) is 4.52. The monoisotopic (exact) mass is 328 g/mol.